The number of ether oxygens (including phenoxy) is 2. The topological polar surface area (TPSA) is 48.4 Å². The van der Waals surface area contributed by atoms with Gasteiger partial charge in [0.25, 0.3) is 0 Å². The van der Waals surface area contributed by atoms with E-state index >= 15 is 0 Å². The fourth-order valence-electron chi connectivity index (χ4n) is 2.90. The van der Waals surface area contributed by atoms with Gasteiger partial charge in [0, 0.05) is 11.8 Å². The molecule has 1 atom stereocenters. The number of para-hydroxylation sites is 1. The molecule has 0 bridgehead atoms. The minimum atomic E-state index is -0.315. The highest BCUT2D eigenvalue weighted by Crippen LogP contribution is 2.31. The largest absolute Gasteiger partial charge is 0.497 e. The van der Waals surface area contributed by atoms with Gasteiger partial charge >= 0.3 is 5.97 Å². The van der Waals surface area contributed by atoms with Crippen LogP contribution in [0.2, 0.25) is 0 Å². The summed E-state index contributed by atoms with van der Waals surface area (Å²) in [6, 6.07) is 17.2. The molecular formula is C19H15NO3. The number of rotatable bonds is 2. The van der Waals surface area contributed by atoms with Crippen LogP contribution in [-0.4, -0.2) is 18.1 Å². The minimum Gasteiger partial charge on any atom is -0.497 e. The van der Waals surface area contributed by atoms with Gasteiger partial charge in [0.15, 0.2) is 0 Å². The number of cyclic esters (lactones) is 1. The van der Waals surface area contributed by atoms with Gasteiger partial charge in [-0.3, -0.25) is 4.98 Å². The Morgan fingerprint density at radius 1 is 1.13 bits per heavy atom. The highest BCUT2D eigenvalue weighted by atomic mass is 16.5. The SMILES string of the molecule is COc1ccc(C2Cc3nc4ccccc4cc3C(=O)O2)cc1. The van der Waals surface area contributed by atoms with Crippen LogP contribution in [0.3, 0.4) is 0 Å². The molecule has 0 amide bonds. The molecule has 0 fully saturated rings. The molecule has 0 saturated heterocycles. The lowest BCUT2D eigenvalue weighted by Gasteiger charge is -2.24. The summed E-state index contributed by atoms with van der Waals surface area (Å²) in [6.07, 6.45) is 0.271. The van der Waals surface area contributed by atoms with Gasteiger partial charge in [-0.2, -0.15) is 0 Å². The Bertz CT molecular complexity index is 887. The number of carbonyl (C=O) groups excluding carboxylic acids is 1. The molecule has 1 aliphatic heterocycles. The molecule has 2 aromatic carbocycles. The third-order valence-corrected chi connectivity index (χ3v) is 4.14. The quantitative estimate of drug-likeness (QED) is 0.677. The van der Waals surface area contributed by atoms with Crippen molar-refractivity contribution < 1.29 is 14.3 Å². The average Bonchev–Trinajstić information content (AvgIpc) is 2.60. The molecule has 0 radical (unpaired) electrons. The molecule has 4 nitrogen and oxygen atoms in total. The maximum atomic E-state index is 12.3. The lowest BCUT2D eigenvalue weighted by molar-refractivity contribution is 0.0248. The van der Waals surface area contributed by atoms with Gasteiger partial charge in [0.05, 0.1) is 23.9 Å². The fraction of sp³-hybridized carbons (Fsp3) is 0.158. The second-order valence-corrected chi connectivity index (χ2v) is 5.55. The van der Waals surface area contributed by atoms with Gasteiger partial charge in [0.2, 0.25) is 0 Å². The van der Waals surface area contributed by atoms with Crippen molar-refractivity contribution in [3.63, 3.8) is 0 Å². The Hall–Kier alpha value is -2.88. The summed E-state index contributed by atoms with van der Waals surface area (Å²) >= 11 is 0. The Morgan fingerprint density at radius 3 is 2.70 bits per heavy atom. The number of esters is 1. The molecule has 4 heteroatoms. The Kier molecular flexibility index (Phi) is 3.23. The summed E-state index contributed by atoms with van der Waals surface area (Å²) in [7, 11) is 1.63. The Labute approximate surface area is 133 Å². The van der Waals surface area contributed by atoms with Crippen LogP contribution in [0.4, 0.5) is 0 Å². The summed E-state index contributed by atoms with van der Waals surface area (Å²) in [6.45, 7) is 0. The normalized spacial score (nSPS) is 16.7. The van der Waals surface area contributed by atoms with Crippen molar-refractivity contribution in [1.29, 1.82) is 0 Å². The second kappa shape index (κ2) is 5.39. The molecule has 1 aromatic heterocycles. The van der Waals surface area contributed by atoms with Crippen molar-refractivity contribution in [2.24, 2.45) is 0 Å². The van der Waals surface area contributed by atoms with Gasteiger partial charge < -0.3 is 9.47 Å². The van der Waals surface area contributed by atoms with Crippen molar-refractivity contribution in [2.45, 2.75) is 12.5 Å². The number of carbonyl (C=O) groups is 1. The molecule has 0 spiro atoms. The first-order valence-corrected chi connectivity index (χ1v) is 7.48. The van der Waals surface area contributed by atoms with Crippen LogP contribution in [0.15, 0.2) is 54.6 Å². The van der Waals surface area contributed by atoms with E-state index in [-0.39, 0.29) is 12.1 Å². The van der Waals surface area contributed by atoms with Gasteiger partial charge in [-0.15, -0.1) is 0 Å². The monoisotopic (exact) mass is 305 g/mol. The van der Waals surface area contributed by atoms with E-state index in [1.165, 1.54) is 0 Å². The lowest BCUT2D eigenvalue weighted by atomic mass is 9.97. The number of fused-ring (bicyclic) bond motifs is 2. The first-order valence-electron chi connectivity index (χ1n) is 7.48. The molecule has 0 saturated carbocycles. The number of pyridine rings is 1. The average molecular weight is 305 g/mol. The van der Waals surface area contributed by atoms with Crippen LogP contribution >= 0.6 is 0 Å². The number of hydrogen-bond donors (Lipinski definition) is 0. The first-order chi connectivity index (χ1) is 11.2. The Balaban J connectivity index is 1.73. The van der Waals surface area contributed by atoms with Crippen LogP contribution in [0.1, 0.15) is 27.7 Å². The molecule has 1 unspecified atom stereocenters. The third kappa shape index (κ3) is 2.42. The van der Waals surface area contributed by atoms with Crippen molar-refractivity contribution in [3.8, 4) is 5.75 Å². The molecule has 1 aliphatic rings. The third-order valence-electron chi connectivity index (χ3n) is 4.14. The zero-order chi connectivity index (χ0) is 15.8. The molecule has 4 rings (SSSR count). The predicted molar refractivity (Wildman–Crippen MR) is 86.6 cm³/mol. The molecule has 0 N–H and O–H groups in total. The van der Waals surface area contributed by atoms with E-state index in [4.69, 9.17) is 9.47 Å². The number of aromatic nitrogens is 1. The van der Waals surface area contributed by atoms with Crippen LogP contribution < -0.4 is 4.74 Å². The van der Waals surface area contributed by atoms with Gasteiger partial charge in [-0.1, -0.05) is 30.3 Å². The van der Waals surface area contributed by atoms with E-state index in [1.807, 2.05) is 54.6 Å². The van der Waals surface area contributed by atoms with Crippen molar-refractivity contribution >= 4 is 16.9 Å². The van der Waals surface area contributed by atoms with Gasteiger partial charge in [-0.05, 0) is 29.8 Å². The molecule has 2 heterocycles. The minimum absolute atomic E-state index is 0.311. The highest BCUT2D eigenvalue weighted by molar-refractivity contribution is 5.96. The first kappa shape index (κ1) is 13.8. The van der Waals surface area contributed by atoms with E-state index in [1.54, 1.807) is 7.11 Å². The fourth-order valence-corrected chi connectivity index (χ4v) is 2.90. The maximum absolute atomic E-state index is 12.3. The summed E-state index contributed by atoms with van der Waals surface area (Å²) < 4.78 is 10.8. The van der Waals surface area contributed by atoms with Crippen LogP contribution in [0.5, 0.6) is 5.75 Å². The molecule has 3 aromatic rings. The Morgan fingerprint density at radius 2 is 1.91 bits per heavy atom. The van der Waals surface area contributed by atoms with Crippen LogP contribution in [-0.2, 0) is 11.2 Å². The highest BCUT2D eigenvalue weighted by Gasteiger charge is 2.29. The van der Waals surface area contributed by atoms with Crippen LogP contribution in [0.25, 0.3) is 10.9 Å². The summed E-state index contributed by atoms with van der Waals surface area (Å²) in [5, 5.41) is 0.950. The van der Waals surface area contributed by atoms with E-state index in [0.29, 0.717) is 12.0 Å². The van der Waals surface area contributed by atoms with Crippen molar-refractivity contribution in [2.75, 3.05) is 7.11 Å². The van der Waals surface area contributed by atoms with Crippen molar-refractivity contribution in [3.05, 3.63) is 71.4 Å². The van der Waals surface area contributed by atoms with Crippen molar-refractivity contribution in [1.82, 2.24) is 4.98 Å². The molecular weight excluding hydrogens is 290 g/mol. The standard InChI is InChI=1S/C19H15NO3/c1-22-14-8-6-12(7-9-14)18-11-17-15(19(21)23-18)10-13-4-2-3-5-16(13)20-17/h2-10,18H,11H2,1H3. The van der Waals surface area contributed by atoms with E-state index in [2.05, 4.69) is 4.98 Å². The molecule has 114 valence electrons. The van der Waals surface area contributed by atoms with Crippen LogP contribution in [0, 0.1) is 0 Å². The summed E-state index contributed by atoms with van der Waals surface area (Å²) in [4.78, 5) is 17.0. The number of nitrogens with zero attached hydrogens (tertiary/aromatic N) is 1. The number of hydrogen-bond acceptors (Lipinski definition) is 4. The zero-order valence-electron chi connectivity index (χ0n) is 12.7. The zero-order valence-corrected chi connectivity index (χ0v) is 12.7. The maximum Gasteiger partial charge on any atom is 0.340 e. The molecule has 23 heavy (non-hydrogen) atoms. The lowest BCUT2D eigenvalue weighted by Crippen LogP contribution is -2.23. The smallest absolute Gasteiger partial charge is 0.340 e. The second-order valence-electron chi connectivity index (χ2n) is 5.55. The molecule has 0 aliphatic carbocycles. The predicted octanol–water partition coefficient (Wildman–Crippen LogP) is 3.70. The van der Waals surface area contributed by atoms with Gasteiger partial charge in [0.1, 0.15) is 11.9 Å². The number of methoxy groups -OCH3 is 1. The summed E-state index contributed by atoms with van der Waals surface area (Å²) in [5.74, 6) is 0.464. The van der Waals surface area contributed by atoms with E-state index in [0.717, 1.165) is 27.9 Å². The number of benzene rings is 2. The van der Waals surface area contributed by atoms with E-state index in [9.17, 15) is 4.79 Å². The van der Waals surface area contributed by atoms with E-state index < -0.39 is 0 Å². The summed E-state index contributed by atoms with van der Waals surface area (Å²) in [5.41, 5.74) is 3.20. The van der Waals surface area contributed by atoms with Gasteiger partial charge in [-0.25, -0.2) is 4.79 Å².